The fourth-order valence-corrected chi connectivity index (χ4v) is 2.76. The van der Waals surface area contributed by atoms with E-state index in [1.54, 1.807) is 25.6 Å². The Morgan fingerprint density at radius 1 is 1.30 bits per heavy atom. The number of nitrogens with zero attached hydrogens (tertiary/aromatic N) is 3. The number of fused-ring (bicyclic) bond motifs is 1. The molecule has 0 saturated carbocycles. The van der Waals surface area contributed by atoms with Gasteiger partial charge in [0, 0.05) is 25.5 Å². The molecular weight excluding hydrogens is 292 g/mol. The Kier molecular flexibility index (Phi) is 4.52. The monoisotopic (exact) mass is 312 g/mol. The van der Waals surface area contributed by atoms with Crippen LogP contribution >= 0.6 is 0 Å². The first-order valence-corrected chi connectivity index (χ1v) is 7.65. The number of anilines is 1. The van der Waals surface area contributed by atoms with Gasteiger partial charge in [-0.05, 0) is 42.7 Å². The van der Waals surface area contributed by atoms with Crippen molar-refractivity contribution in [2.45, 2.75) is 25.9 Å². The van der Waals surface area contributed by atoms with Crippen molar-refractivity contribution in [3.05, 3.63) is 47.8 Å². The van der Waals surface area contributed by atoms with Crippen LogP contribution in [0.4, 0.5) is 5.95 Å². The largest absolute Gasteiger partial charge is 0.497 e. The molecule has 1 atom stereocenters. The maximum atomic E-state index is 12.4. The number of ether oxygens (including phenoxy) is 1. The summed E-state index contributed by atoms with van der Waals surface area (Å²) in [5, 5.41) is 2.76. The highest BCUT2D eigenvalue weighted by atomic mass is 16.5. The van der Waals surface area contributed by atoms with Crippen LogP contribution in [0.5, 0.6) is 5.75 Å². The van der Waals surface area contributed by atoms with Crippen LogP contribution in [0.1, 0.15) is 18.1 Å². The van der Waals surface area contributed by atoms with Crippen molar-refractivity contribution < 1.29 is 9.53 Å². The van der Waals surface area contributed by atoms with Crippen LogP contribution in [-0.2, 0) is 17.8 Å². The van der Waals surface area contributed by atoms with Crippen LogP contribution < -0.4 is 10.1 Å². The van der Waals surface area contributed by atoms with Crippen molar-refractivity contribution in [3.8, 4) is 5.75 Å². The lowest BCUT2D eigenvalue weighted by Gasteiger charge is -2.32. The van der Waals surface area contributed by atoms with Crippen LogP contribution in [0.15, 0.2) is 36.7 Å². The second-order valence-electron chi connectivity index (χ2n) is 5.59. The Labute approximate surface area is 135 Å². The number of methoxy groups -OCH3 is 1. The summed E-state index contributed by atoms with van der Waals surface area (Å²) < 4.78 is 5.29. The van der Waals surface area contributed by atoms with Crippen molar-refractivity contribution >= 4 is 11.9 Å². The fraction of sp³-hybridized carbons (Fsp3) is 0.353. The highest BCUT2D eigenvalue weighted by molar-refractivity contribution is 5.93. The molecule has 0 bridgehead atoms. The maximum Gasteiger partial charge on any atom is 0.243 e. The molecule has 2 aromatic rings. The van der Waals surface area contributed by atoms with E-state index in [-0.39, 0.29) is 11.9 Å². The number of carbonyl (C=O) groups is 1. The Bertz CT molecular complexity index is 690. The first-order chi connectivity index (χ1) is 11.2. The summed E-state index contributed by atoms with van der Waals surface area (Å²) in [7, 11) is 1.66. The third-order valence-corrected chi connectivity index (χ3v) is 4.18. The van der Waals surface area contributed by atoms with Gasteiger partial charge in [0.1, 0.15) is 5.75 Å². The second kappa shape index (κ2) is 6.75. The van der Waals surface area contributed by atoms with Gasteiger partial charge in [-0.15, -0.1) is 0 Å². The van der Waals surface area contributed by atoms with Gasteiger partial charge in [-0.25, -0.2) is 9.97 Å². The van der Waals surface area contributed by atoms with Crippen LogP contribution in [0.2, 0.25) is 0 Å². The molecule has 3 rings (SSSR count). The first-order valence-electron chi connectivity index (χ1n) is 7.65. The van der Waals surface area contributed by atoms with Crippen molar-refractivity contribution in [1.82, 2.24) is 14.9 Å². The number of benzene rings is 1. The van der Waals surface area contributed by atoms with E-state index in [4.69, 9.17) is 4.74 Å². The third kappa shape index (κ3) is 3.48. The van der Waals surface area contributed by atoms with Gasteiger partial charge in [0.2, 0.25) is 11.9 Å². The minimum Gasteiger partial charge on any atom is -0.497 e. The van der Waals surface area contributed by atoms with E-state index >= 15 is 0 Å². The van der Waals surface area contributed by atoms with Gasteiger partial charge in [0.05, 0.1) is 13.2 Å². The van der Waals surface area contributed by atoms with E-state index in [0.29, 0.717) is 5.95 Å². The first kappa shape index (κ1) is 15.4. The van der Waals surface area contributed by atoms with Gasteiger partial charge >= 0.3 is 0 Å². The molecule has 0 radical (unpaired) electrons. The standard InChI is InChI=1S/C17H20N4O2/c1-12(16(22)20-17-18-7-3-8-19-17)21-9-6-13-4-5-15(23-2)10-14(13)11-21/h3-5,7-8,10,12H,6,9,11H2,1-2H3,(H,18,19,20,22)/t12-/m0/s1. The number of hydrogen-bond acceptors (Lipinski definition) is 5. The topological polar surface area (TPSA) is 67.3 Å². The highest BCUT2D eigenvalue weighted by Gasteiger charge is 2.26. The highest BCUT2D eigenvalue weighted by Crippen LogP contribution is 2.25. The van der Waals surface area contributed by atoms with E-state index in [9.17, 15) is 4.79 Å². The number of nitrogens with one attached hydrogen (secondary N) is 1. The SMILES string of the molecule is COc1ccc2c(c1)CN([C@@H](C)C(=O)Nc1ncccn1)CC2. The molecule has 1 aromatic carbocycles. The predicted molar refractivity (Wildman–Crippen MR) is 87.2 cm³/mol. The smallest absolute Gasteiger partial charge is 0.243 e. The molecule has 1 aliphatic rings. The lowest BCUT2D eigenvalue weighted by atomic mass is 9.98. The van der Waals surface area contributed by atoms with Crippen molar-refractivity contribution in [3.63, 3.8) is 0 Å². The molecule has 0 spiro atoms. The normalized spacial score (nSPS) is 15.6. The second-order valence-corrected chi connectivity index (χ2v) is 5.59. The van der Waals surface area contributed by atoms with Crippen LogP contribution in [0.25, 0.3) is 0 Å². The van der Waals surface area contributed by atoms with E-state index < -0.39 is 0 Å². The fourth-order valence-electron chi connectivity index (χ4n) is 2.76. The molecule has 6 heteroatoms. The quantitative estimate of drug-likeness (QED) is 0.933. The van der Waals surface area contributed by atoms with Gasteiger partial charge in [-0.2, -0.15) is 0 Å². The third-order valence-electron chi connectivity index (χ3n) is 4.18. The average Bonchev–Trinajstić information content (AvgIpc) is 2.60. The van der Waals surface area contributed by atoms with Gasteiger partial charge in [-0.3, -0.25) is 15.0 Å². The van der Waals surface area contributed by atoms with E-state index in [2.05, 4.69) is 26.3 Å². The molecular formula is C17H20N4O2. The van der Waals surface area contributed by atoms with Gasteiger partial charge in [0.25, 0.3) is 0 Å². The number of carbonyl (C=O) groups excluding carboxylic acids is 1. The zero-order valence-electron chi connectivity index (χ0n) is 13.3. The summed E-state index contributed by atoms with van der Waals surface area (Å²) in [6.07, 6.45) is 4.15. The summed E-state index contributed by atoms with van der Waals surface area (Å²) in [6.45, 7) is 3.49. The van der Waals surface area contributed by atoms with Crippen molar-refractivity contribution in [2.24, 2.45) is 0 Å². The average molecular weight is 312 g/mol. The number of rotatable bonds is 4. The molecule has 2 heterocycles. The van der Waals surface area contributed by atoms with Gasteiger partial charge in [0.15, 0.2) is 0 Å². The van der Waals surface area contributed by atoms with E-state index in [1.165, 1.54) is 11.1 Å². The molecule has 1 N–H and O–H groups in total. The molecule has 0 fully saturated rings. The minimum atomic E-state index is -0.252. The Balaban J connectivity index is 1.68. The molecule has 0 aliphatic carbocycles. The number of hydrogen-bond donors (Lipinski definition) is 1. The van der Waals surface area contributed by atoms with Crippen LogP contribution in [0.3, 0.4) is 0 Å². The molecule has 1 aromatic heterocycles. The molecule has 0 saturated heterocycles. The lowest BCUT2D eigenvalue weighted by Crippen LogP contribution is -2.44. The van der Waals surface area contributed by atoms with Gasteiger partial charge in [-0.1, -0.05) is 6.07 Å². The minimum absolute atomic E-state index is 0.0949. The van der Waals surface area contributed by atoms with Crippen LogP contribution in [0, 0.1) is 0 Å². The number of amides is 1. The molecule has 1 aliphatic heterocycles. The lowest BCUT2D eigenvalue weighted by molar-refractivity contribution is -0.121. The molecule has 23 heavy (non-hydrogen) atoms. The molecule has 120 valence electrons. The zero-order chi connectivity index (χ0) is 16.2. The summed E-state index contributed by atoms with van der Waals surface area (Å²) in [5.74, 6) is 1.09. The molecule has 6 nitrogen and oxygen atoms in total. The predicted octanol–water partition coefficient (Wildman–Crippen LogP) is 1.87. The van der Waals surface area contributed by atoms with E-state index in [1.807, 2.05) is 19.1 Å². The summed E-state index contributed by atoms with van der Waals surface area (Å²) in [4.78, 5) is 22.6. The Hall–Kier alpha value is -2.47. The summed E-state index contributed by atoms with van der Waals surface area (Å²) in [5.41, 5.74) is 2.53. The van der Waals surface area contributed by atoms with E-state index in [0.717, 1.165) is 25.3 Å². The Morgan fingerprint density at radius 2 is 2.09 bits per heavy atom. The number of aromatic nitrogens is 2. The zero-order valence-corrected chi connectivity index (χ0v) is 13.3. The maximum absolute atomic E-state index is 12.4. The Morgan fingerprint density at radius 3 is 2.83 bits per heavy atom. The van der Waals surface area contributed by atoms with Crippen molar-refractivity contribution in [2.75, 3.05) is 19.0 Å². The molecule has 1 amide bonds. The van der Waals surface area contributed by atoms with Gasteiger partial charge < -0.3 is 4.74 Å². The molecule has 0 unspecified atom stereocenters. The van der Waals surface area contributed by atoms with Crippen LogP contribution in [-0.4, -0.2) is 40.5 Å². The van der Waals surface area contributed by atoms with Crippen molar-refractivity contribution in [1.29, 1.82) is 0 Å². The summed E-state index contributed by atoms with van der Waals surface area (Å²) >= 11 is 0. The summed E-state index contributed by atoms with van der Waals surface area (Å²) in [6, 6.07) is 7.60.